The number of hydrogen-bond donors (Lipinski definition) is 3. The predicted molar refractivity (Wildman–Crippen MR) is 130 cm³/mol. The van der Waals surface area contributed by atoms with Crippen LogP contribution in [0.25, 0.3) is 0 Å². The summed E-state index contributed by atoms with van der Waals surface area (Å²) in [7, 11) is 0. The number of carboxylic acid groups (broad SMARTS) is 1. The molecule has 0 aliphatic rings. The topological polar surface area (TPSA) is 107 Å². The van der Waals surface area contributed by atoms with Gasteiger partial charge in [-0.05, 0) is 68.3 Å². The van der Waals surface area contributed by atoms with E-state index in [4.69, 9.17) is 23.2 Å². The summed E-state index contributed by atoms with van der Waals surface area (Å²) in [5, 5.41) is 15.8. The van der Waals surface area contributed by atoms with E-state index >= 15 is 0 Å². The van der Waals surface area contributed by atoms with Crippen LogP contribution < -0.4 is 15.5 Å². The Morgan fingerprint density at radius 1 is 1.09 bits per heavy atom. The van der Waals surface area contributed by atoms with Gasteiger partial charge in [-0.25, -0.2) is 9.78 Å². The predicted octanol–water partition coefficient (Wildman–Crippen LogP) is 5.74. The van der Waals surface area contributed by atoms with Gasteiger partial charge in [-0.3, -0.25) is 9.69 Å². The fourth-order valence-corrected chi connectivity index (χ4v) is 3.45. The molecule has 0 radical (unpaired) electrons. The number of anilines is 3. The third kappa shape index (κ3) is 6.34. The van der Waals surface area contributed by atoms with Crippen molar-refractivity contribution in [3.05, 3.63) is 76.2 Å². The SMILES string of the molecule is CC(C)(C)N(C(=O)O)c1cccc(CNC(=O)c2cccc(Nc3nc(Cl)ncc3Cl)c2)c1. The lowest BCUT2D eigenvalue weighted by Gasteiger charge is -2.33. The van der Waals surface area contributed by atoms with Crippen LogP contribution in [0.1, 0.15) is 36.7 Å². The highest BCUT2D eigenvalue weighted by atomic mass is 35.5. The number of hydrogen-bond acceptors (Lipinski definition) is 5. The van der Waals surface area contributed by atoms with Crippen molar-refractivity contribution in [2.45, 2.75) is 32.9 Å². The second-order valence-electron chi connectivity index (χ2n) is 8.18. The monoisotopic (exact) mass is 487 g/mol. The highest BCUT2D eigenvalue weighted by Gasteiger charge is 2.27. The van der Waals surface area contributed by atoms with E-state index in [0.29, 0.717) is 27.8 Å². The maximum Gasteiger partial charge on any atom is 0.412 e. The number of carbonyl (C=O) groups is 2. The fraction of sp³-hybridized carbons (Fsp3) is 0.217. The maximum absolute atomic E-state index is 12.7. The molecule has 0 atom stereocenters. The summed E-state index contributed by atoms with van der Waals surface area (Å²) < 4.78 is 0. The molecule has 0 saturated heterocycles. The van der Waals surface area contributed by atoms with Crippen LogP contribution in [0.2, 0.25) is 10.3 Å². The summed E-state index contributed by atoms with van der Waals surface area (Å²) in [5.41, 5.74) is 1.72. The van der Waals surface area contributed by atoms with E-state index in [-0.39, 0.29) is 17.7 Å². The molecule has 1 aromatic heterocycles. The molecule has 0 unspecified atom stereocenters. The molecule has 10 heteroatoms. The van der Waals surface area contributed by atoms with E-state index in [1.807, 2.05) is 26.8 Å². The van der Waals surface area contributed by atoms with Crippen molar-refractivity contribution < 1.29 is 14.7 Å². The van der Waals surface area contributed by atoms with Gasteiger partial charge in [0.25, 0.3) is 5.91 Å². The van der Waals surface area contributed by atoms with Gasteiger partial charge < -0.3 is 15.7 Å². The molecule has 0 aliphatic carbocycles. The number of carbonyl (C=O) groups excluding carboxylic acids is 1. The number of amides is 2. The van der Waals surface area contributed by atoms with Gasteiger partial charge in [0.15, 0.2) is 5.82 Å². The first-order valence-corrected chi connectivity index (χ1v) is 10.8. The van der Waals surface area contributed by atoms with Crippen molar-refractivity contribution in [2.24, 2.45) is 0 Å². The molecular weight excluding hydrogens is 465 g/mol. The second kappa shape index (κ2) is 10.1. The second-order valence-corrected chi connectivity index (χ2v) is 8.93. The van der Waals surface area contributed by atoms with Gasteiger partial charge in [-0.2, -0.15) is 4.98 Å². The van der Waals surface area contributed by atoms with E-state index < -0.39 is 11.6 Å². The Labute approximate surface area is 201 Å². The number of aromatic nitrogens is 2. The average Bonchev–Trinajstić information content (AvgIpc) is 2.74. The van der Waals surface area contributed by atoms with Crippen LogP contribution in [-0.4, -0.2) is 32.6 Å². The number of benzene rings is 2. The summed E-state index contributed by atoms with van der Waals surface area (Å²) in [6, 6.07) is 13.9. The van der Waals surface area contributed by atoms with Crippen molar-refractivity contribution in [3.8, 4) is 0 Å². The molecule has 2 aromatic carbocycles. The summed E-state index contributed by atoms with van der Waals surface area (Å²) in [5.74, 6) is 0.0367. The van der Waals surface area contributed by atoms with Gasteiger partial charge in [0, 0.05) is 29.0 Å². The van der Waals surface area contributed by atoms with E-state index in [2.05, 4.69) is 20.6 Å². The molecule has 33 heavy (non-hydrogen) atoms. The Balaban J connectivity index is 1.71. The van der Waals surface area contributed by atoms with Crippen LogP contribution in [0, 0.1) is 0 Å². The quantitative estimate of drug-likeness (QED) is 0.382. The number of rotatable bonds is 6. The van der Waals surface area contributed by atoms with E-state index in [0.717, 1.165) is 5.56 Å². The largest absolute Gasteiger partial charge is 0.465 e. The zero-order chi connectivity index (χ0) is 24.2. The van der Waals surface area contributed by atoms with Crippen LogP contribution in [0.4, 0.5) is 22.0 Å². The first kappa shape index (κ1) is 24.3. The summed E-state index contributed by atoms with van der Waals surface area (Å²) >= 11 is 11.9. The van der Waals surface area contributed by atoms with Gasteiger partial charge in [-0.15, -0.1) is 0 Å². The third-order valence-corrected chi connectivity index (χ3v) is 5.04. The zero-order valence-corrected chi connectivity index (χ0v) is 19.8. The molecule has 8 nitrogen and oxygen atoms in total. The Bertz CT molecular complexity index is 1180. The van der Waals surface area contributed by atoms with E-state index in [1.165, 1.54) is 11.1 Å². The van der Waals surface area contributed by atoms with Crippen molar-refractivity contribution in [3.63, 3.8) is 0 Å². The Morgan fingerprint density at radius 2 is 1.82 bits per heavy atom. The molecular formula is C23H23Cl2N5O3. The number of halogens is 2. The molecule has 3 rings (SSSR count). The molecule has 3 aromatic rings. The molecule has 2 amide bonds. The molecule has 0 bridgehead atoms. The van der Waals surface area contributed by atoms with Crippen LogP contribution in [-0.2, 0) is 6.54 Å². The molecule has 0 fully saturated rings. The molecule has 172 valence electrons. The fourth-order valence-electron chi connectivity index (χ4n) is 3.18. The smallest absolute Gasteiger partial charge is 0.412 e. The summed E-state index contributed by atoms with van der Waals surface area (Å²) in [6.07, 6.45) is 0.341. The number of nitrogens with zero attached hydrogens (tertiary/aromatic N) is 3. The zero-order valence-electron chi connectivity index (χ0n) is 18.3. The molecule has 3 N–H and O–H groups in total. The lowest BCUT2D eigenvalue weighted by Crippen LogP contribution is -2.45. The normalized spacial score (nSPS) is 11.1. The first-order valence-electron chi connectivity index (χ1n) is 10.00. The highest BCUT2D eigenvalue weighted by Crippen LogP contribution is 2.26. The Kier molecular flexibility index (Phi) is 7.40. The van der Waals surface area contributed by atoms with Crippen molar-refractivity contribution in [1.29, 1.82) is 0 Å². The molecule has 1 heterocycles. The van der Waals surface area contributed by atoms with Gasteiger partial charge >= 0.3 is 6.09 Å². The van der Waals surface area contributed by atoms with Crippen LogP contribution >= 0.6 is 23.2 Å². The van der Waals surface area contributed by atoms with Crippen molar-refractivity contribution in [2.75, 3.05) is 10.2 Å². The minimum atomic E-state index is -1.04. The van der Waals surface area contributed by atoms with Gasteiger partial charge in [0.05, 0.1) is 6.20 Å². The maximum atomic E-state index is 12.7. The molecule has 0 aliphatic heterocycles. The first-order chi connectivity index (χ1) is 15.5. The lowest BCUT2D eigenvalue weighted by molar-refractivity contribution is 0.0951. The van der Waals surface area contributed by atoms with Crippen LogP contribution in [0.5, 0.6) is 0 Å². The third-order valence-electron chi connectivity index (χ3n) is 4.59. The molecule has 0 saturated carbocycles. The highest BCUT2D eigenvalue weighted by molar-refractivity contribution is 6.33. The number of nitrogens with one attached hydrogen (secondary N) is 2. The minimum Gasteiger partial charge on any atom is -0.465 e. The van der Waals surface area contributed by atoms with Crippen LogP contribution in [0.3, 0.4) is 0 Å². The lowest BCUT2D eigenvalue weighted by atomic mass is 10.0. The van der Waals surface area contributed by atoms with Crippen LogP contribution in [0.15, 0.2) is 54.7 Å². The Morgan fingerprint density at radius 3 is 2.52 bits per heavy atom. The van der Waals surface area contributed by atoms with E-state index in [1.54, 1.807) is 42.5 Å². The van der Waals surface area contributed by atoms with Gasteiger partial charge in [-0.1, -0.05) is 29.8 Å². The Hall–Kier alpha value is -3.36. The van der Waals surface area contributed by atoms with Gasteiger partial charge in [0.1, 0.15) is 5.02 Å². The van der Waals surface area contributed by atoms with Gasteiger partial charge in [0.2, 0.25) is 5.28 Å². The van der Waals surface area contributed by atoms with Crippen molar-refractivity contribution in [1.82, 2.24) is 15.3 Å². The average molecular weight is 488 g/mol. The standard InChI is InChI=1S/C23H23Cl2N5O3/c1-23(2,3)30(22(32)33)17-9-4-6-14(10-17)12-26-20(31)15-7-5-8-16(11-15)28-19-18(24)13-27-21(25)29-19/h4-11,13H,12H2,1-3H3,(H,26,31)(H,32,33)(H,27,28,29). The summed E-state index contributed by atoms with van der Waals surface area (Å²) in [6.45, 7) is 5.69. The van der Waals surface area contributed by atoms with Crippen molar-refractivity contribution >= 4 is 52.4 Å². The summed E-state index contributed by atoms with van der Waals surface area (Å²) in [4.78, 5) is 33.6. The molecule has 0 spiro atoms. The minimum absolute atomic E-state index is 0.0472. The van der Waals surface area contributed by atoms with E-state index in [9.17, 15) is 14.7 Å².